The normalized spacial score (nSPS) is 10.3. The first kappa shape index (κ1) is 16.9. The molecule has 0 saturated heterocycles. The molecule has 4 nitrogen and oxygen atoms in total. The van der Waals surface area contributed by atoms with Gasteiger partial charge in [-0.2, -0.15) is 0 Å². The monoisotopic (exact) mass is 353 g/mol. The van der Waals surface area contributed by atoms with Crippen molar-refractivity contribution in [1.82, 2.24) is 0 Å². The van der Waals surface area contributed by atoms with Gasteiger partial charge < -0.3 is 14.7 Å². The van der Waals surface area contributed by atoms with Crippen LogP contribution in [-0.2, 0) is 0 Å². The summed E-state index contributed by atoms with van der Waals surface area (Å²) in [5.41, 5.74) is 2.23. The van der Waals surface area contributed by atoms with Gasteiger partial charge in [-0.3, -0.25) is 0 Å². The number of nitrogens with zero attached hydrogens (tertiary/aromatic N) is 1. The molecular weight excluding hydrogens is 338 g/mol. The Morgan fingerprint density at radius 2 is 1.60 bits per heavy atom. The Labute approximate surface area is 150 Å². The molecule has 3 rings (SSSR count). The molecule has 25 heavy (non-hydrogen) atoms. The summed E-state index contributed by atoms with van der Waals surface area (Å²) in [5.74, 6) is 0.00719. The molecule has 0 saturated carbocycles. The molecule has 5 heteroatoms. The van der Waals surface area contributed by atoms with Crippen LogP contribution in [0.1, 0.15) is 10.4 Å². The molecule has 0 unspecified atom stereocenters. The van der Waals surface area contributed by atoms with Gasteiger partial charge in [-0.15, -0.1) is 0 Å². The maximum absolute atomic E-state index is 10.9. The first-order valence-electron chi connectivity index (χ1n) is 7.64. The highest BCUT2D eigenvalue weighted by atomic mass is 35.5. The highest BCUT2D eigenvalue weighted by molar-refractivity contribution is 6.32. The van der Waals surface area contributed by atoms with Crippen LogP contribution in [0.2, 0.25) is 5.02 Å². The molecule has 3 aromatic carbocycles. The van der Waals surface area contributed by atoms with Crippen molar-refractivity contribution in [3.05, 3.63) is 83.4 Å². The summed E-state index contributed by atoms with van der Waals surface area (Å²) >= 11 is 6.09. The van der Waals surface area contributed by atoms with E-state index in [1.54, 1.807) is 6.07 Å². The Bertz CT molecular complexity index is 879. The van der Waals surface area contributed by atoms with Crippen molar-refractivity contribution >= 4 is 28.9 Å². The lowest BCUT2D eigenvalue weighted by Gasteiger charge is -2.19. The number of rotatable bonds is 5. The van der Waals surface area contributed by atoms with E-state index < -0.39 is 5.97 Å². The molecule has 0 atom stereocenters. The summed E-state index contributed by atoms with van der Waals surface area (Å²) in [6.45, 7) is 0. The van der Waals surface area contributed by atoms with Gasteiger partial charge in [0.2, 0.25) is 0 Å². The molecule has 0 aliphatic heterocycles. The minimum atomic E-state index is -1.03. The van der Waals surface area contributed by atoms with E-state index in [0.29, 0.717) is 11.5 Å². The fourth-order valence-electron chi connectivity index (χ4n) is 2.38. The molecule has 0 spiro atoms. The zero-order chi connectivity index (χ0) is 17.8. The van der Waals surface area contributed by atoms with Crippen LogP contribution >= 0.6 is 11.6 Å². The number of carboxylic acids is 1. The van der Waals surface area contributed by atoms with Crippen molar-refractivity contribution in [1.29, 1.82) is 0 Å². The number of benzene rings is 3. The maximum atomic E-state index is 10.9. The quantitative estimate of drug-likeness (QED) is 0.648. The molecule has 0 heterocycles. The van der Waals surface area contributed by atoms with Crippen molar-refractivity contribution in [3.8, 4) is 11.5 Å². The molecule has 126 valence electrons. The lowest BCUT2D eigenvalue weighted by Crippen LogP contribution is -2.08. The second-order valence-corrected chi connectivity index (χ2v) is 5.85. The minimum absolute atomic E-state index is 0.122. The summed E-state index contributed by atoms with van der Waals surface area (Å²) in [5, 5.41) is 9.22. The van der Waals surface area contributed by atoms with Crippen molar-refractivity contribution < 1.29 is 14.6 Å². The lowest BCUT2D eigenvalue weighted by molar-refractivity contribution is 0.0697. The minimum Gasteiger partial charge on any atom is -0.478 e. The van der Waals surface area contributed by atoms with Gasteiger partial charge >= 0.3 is 5.97 Å². The number of para-hydroxylation sites is 1. The van der Waals surface area contributed by atoms with E-state index in [2.05, 4.69) is 4.90 Å². The van der Waals surface area contributed by atoms with Crippen LogP contribution in [-0.4, -0.2) is 18.1 Å². The van der Waals surface area contributed by atoms with Gasteiger partial charge in [0.05, 0.1) is 10.6 Å². The fourth-order valence-corrected chi connectivity index (χ4v) is 2.60. The van der Waals surface area contributed by atoms with Crippen LogP contribution in [0.25, 0.3) is 0 Å². The Balaban J connectivity index is 1.76. The molecule has 0 amide bonds. The Kier molecular flexibility index (Phi) is 4.91. The first-order valence-corrected chi connectivity index (χ1v) is 8.02. The SMILES string of the molecule is CN(c1ccccc1)c1ccc(Oc2ccc(C(=O)O)cc2Cl)cc1. The molecule has 0 aliphatic carbocycles. The van der Waals surface area contributed by atoms with E-state index in [4.69, 9.17) is 21.4 Å². The highest BCUT2D eigenvalue weighted by Gasteiger charge is 2.09. The van der Waals surface area contributed by atoms with Gasteiger partial charge in [-0.1, -0.05) is 29.8 Å². The number of halogens is 1. The van der Waals surface area contributed by atoms with Crippen LogP contribution in [0.5, 0.6) is 11.5 Å². The van der Waals surface area contributed by atoms with Crippen molar-refractivity contribution in [2.75, 3.05) is 11.9 Å². The van der Waals surface area contributed by atoms with Gasteiger partial charge in [-0.25, -0.2) is 4.79 Å². The van der Waals surface area contributed by atoms with Gasteiger partial charge in [0.1, 0.15) is 11.5 Å². The number of ether oxygens (including phenoxy) is 1. The number of aromatic carboxylic acids is 1. The van der Waals surface area contributed by atoms with E-state index in [-0.39, 0.29) is 10.6 Å². The lowest BCUT2D eigenvalue weighted by atomic mass is 10.2. The van der Waals surface area contributed by atoms with Gasteiger partial charge in [0.15, 0.2) is 0 Å². The zero-order valence-corrected chi connectivity index (χ0v) is 14.3. The topological polar surface area (TPSA) is 49.8 Å². The maximum Gasteiger partial charge on any atom is 0.335 e. The predicted octanol–water partition coefficient (Wildman–Crippen LogP) is 5.60. The molecule has 0 bridgehead atoms. The van der Waals surface area contributed by atoms with Crippen molar-refractivity contribution in [2.45, 2.75) is 0 Å². The van der Waals surface area contributed by atoms with Crippen molar-refractivity contribution in [2.24, 2.45) is 0 Å². The first-order chi connectivity index (χ1) is 12.0. The smallest absolute Gasteiger partial charge is 0.335 e. The second kappa shape index (κ2) is 7.28. The highest BCUT2D eigenvalue weighted by Crippen LogP contribution is 2.32. The molecule has 3 aromatic rings. The van der Waals surface area contributed by atoms with E-state index in [9.17, 15) is 4.79 Å². The summed E-state index contributed by atoms with van der Waals surface area (Å²) in [6, 6.07) is 22.0. The van der Waals surface area contributed by atoms with Crippen molar-refractivity contribution in [3.63, 3.8) is 0 Å². The third kappa shape index (κ3) is 3.92. The third-order valence-electron chi connectivity index (χ3n) is 3.77. The average Bonchev–Trinajstić information content (AvgIpc) is 2.64. The Hall–Kier alpha value is -2.98. The standard InChI is InChI=1S/C20H16ClNO3/c1-22(15-5-3-2-4-6-15)16-8-10-17(11-9-16)25-19-12-7-14(20(23)24)13-18(19)21/h2-13H,1H3,(H,23,24). The number of hydrogen-bond donors (Lipinski definition) is 1. The number of hydrogen-bond acceptors (Lipinski definition) is 3. The summed E-state index contributed by atoms with van der Waals surface area (Å²) in [6.07, 6.45) is 0. The molecule has 0 fully saturated rings. The number of carboxylic acid groups (broad SMARTS) is 1. The molecular formula is C20H16ClNO3. The number of carbonyl (C=O) groups is 1. The fraction of sp³-hybridized carbons (Fsp3) is 0.0500. The van der Waals surface area contributed by atoms with Crippen LogP contribution in [0.3, 0.4) is 0 Å². The summed E-state index contributed by atoms with van der Waals surface area (Å²) in [4.78, 5) is 13.0. The van der Waals surface area contributed by atoms with E-state index in [1.165, 1.54) is 12.1 Å². The zero-order valence-electron chi connectivity index (χ0n) is 13.5. The molecule has 0 aliphatic rings. The predicted molar refractivity (Wildman–Crippen MR) is 99.4 cm³/mol. The summed E-state index contributed by atoms with van der Waals surface area (Å²) in [7, 11) is 1.99. The van der Waals surface area contributed by atoms with Gasteiger partial charge in [0, 0.05) is 18.4 Å². The van der Waals surface area contributed by atoms with E-state index >= 15 is 0 Å². The molecule has 1 N–H and O–H groups in total. The average molecular weight is 354 g/mol. The molecule has 0 aromatic heterocycles. The third-order valence-corrected chi connectivity index (χ3v) is 4.07. The van der Waals surface area contributed by atoms with Gasteiger partial charge in [-0.05, 0) is 54.6 Å². The molecule has 0 radical (unpaired) electrons. The van der Waals surface area contributed by atoms with Crippen LogP contribution in [0.4, 0.5) is 11.4 Å². The van der Waals surface area contributed by atoms with Crippen LogP contribution in [0.15, 0.2) is 72.8 Å². The Morgan fingerprint density at radius 1 is 0.960 bits per heavy atom. The van der Waals surface area contributed by atoms with Gasteiger partial charge in [0.25, 0.3) is 0 Å². The second-order valence-electron chi connectivity index (χ2n) is 5.44. The van der Waals surface area contributed by atoms with E-state index in [0.717, 1.165) is 11.4 Å². The Morgan fingerprint density at radius 3 is 2.20 bits per heavy atom. The van der Waals surface area contributed by atoms with Crippen LogP contribution in [0, 0.1) is 0 Å². The van der Waals surface area contributed by atoms with E-state index in [1.807, 2.05) is 61.6 Å². The van der Waals surface area contributed by atoms with Crippen LogP contribution < -0.4 is 9.64 Å². The number of anilines is 2. The largest absolute Gasteiger partial charge is 0.478 e. The summed E-state index contributed by atoms with van der Waals surface area (Å²) < 4.78 is 5.74.